The Kier molecular flexibility index (Phi) is 6.53. The maximum absolute atomic E-state index is 6.31. The number of para-hydroxylation sites is 2. The van der Waals surface area contributed by atoms with E-state index in [0.717, 1.165) is 110 Å². The number of fused-ring (bicyclic) bond motifs is 9. The van der Waals surface area contributed by atoms with Crippen LogP contribution in [0.5, 0.6) is 0 Å². The van der Waals surface area contributed by atoms with Crippen LogP contribution in [0, 0.1) is 0 Å². The van der Waals surface area contributed by atoms with Gasteiger partial charge in [0.1, 0.15) is 33.4 Å². The van der Waals surface area contributed by atoms with E-state index in [1.165, 1.54) is 0 Å². The molecule has 12 rings (SSSR count). The SMILES string of the molecule is c1ccc2nn(-c3ccc(-c4ccc(N(c5ccc6cc7c(cc6c5)oc5ccccc57)c5ccc6cc7c(cc6c5)oc5ccccc57)cc4)cc3)nc2c1. The molecule has 56 heavy (non-hydrogen) atoms. The fourth-order valence-electron chi connectivity index (χ4n) is 8.20. The van der Waals surface area contributed by atoms with Crippen LogP contribution in [0.4, 0.5) is 17.1 Å². The van der Waals surface area contributed by atoms with Gasteiger partial charge in [0.15, 0.2) is 0 Å². The number of hydrogen-bond donors (Lipinski definition) is 0. The van der Waals surface area contributed by atoms with Gasteiger partial charge in [0.2, 0.25) is 0 Å². The van der Waals surface area contributed by atoms with Crippen molar-refractivity contribution >= 4 is 93.5 Å². The Hall–Kier alpha value is -7.70. The van der Waals surface area contributed by atoms with E-state index in [1.54, 1.807) is 4.80 Å². The van der Waals surface area contributed by atoms with E-state index in [2.05, 4.69) is 149 Å². The van der Waals surface area contributed by atoms with E-state index in [1.807, 2.05) is 48.5 Å². The van der Waals surface area contributed by atoms with Gasteiger partial charge in [0.25, 0.3) is 0 Å². The summed E-state index contributed by atoms with van der Waals surface area (Å²) in [7, 11) is 0. The summed E-state index contributed by atoms with van der Waals surface area (Å²) < 4.78 is 12.6. The molecule has 9 aromatic carbocycles. The lowest BCUT2D eigenvalue weighted by Gasteiger charge is -2.26. The minimum atomic E-state index is 0.875. The highest BCUT2D eigenvalue weighted by Crippen LogP contribution is 2.41. The molecular weight excluding hydrogens is 689 g/mol. The van der Waals surface area contributed by atoms with Crippen LogP contribution in [0.2, 0.25) is 0 Å². The predicted octanol–water partition coefficient (Wildman–Crippen LogP) is 13.7. The zero-order chi connectivity index (χ0) is 36.7. The molecule has 0 saturated heterocycles. The highest BCUT2D eigenvalue weighted by molar-refractivity contribution is 6.12. The van der Waals surface area contributed by atoms with Gasteiger partial charge in [-0.25, -0.2) is 0 Å². The standard InChI is InChI=1S/C50H30N4O2/c1-5-11-47-41(7-1)43-27-33-17-23-39(25-35(33)29-49(43)55-47)53(40-24-18-34-28-44-42-8-2-6-12-48(42)56-50(44)30-36(34)26-40)37-19-13-31(14-20-37)32-15-21-38(22-16-32)54-51-45-9-3-4-10-46(45)52-54/h1-30H. The molecule has 262 valence electrons. The average molecular weight is 719 g/mol. The third-order valence-electron chi connectivity index (χ3n) is 11.0. The van der Waals surface area contributed by atoms with E-state index in [4.69, 9.17) is 8.83 Å². The van der Waals surface area contributed by atoms with Gasteiger partial charge >= 0.3 is 0 Å². The van der Waals surface area contributed by atoms with Crippen LogP contribution in [0.3, 0.4) is 0 Å². The van der Waals surface area contributed by atoms with Crippen LogP contribution < -0.4 is 4.90 Å². The summed E-state index contributed by atoms with van der Waals surface area (Å²) in [6, 6.07) is 63.7. The van der Waals surface area contributed by atoms with Crippen molar-refractivity contribution in [1.82, 2.24) is 15.0 Å². The van der Waals surface area contributed by atoms with Crippen molar-refractivity contribution in [3.63, 3.8) is 0 Å². The summed E-state index contributed by atoms with van der Waals surface area (Å²) in [5, 5.41) is 18.4. The molecule has 0 saturated carbocycles. The van der Waals surface area contributed by atoms with Crippen LogP contribution in [0.25, 0.3) is 93.3 Å². The summed E-state index contributed by atoms with van der Waals surface area (Å²) in [5.41, 5.74) is 11.6. The molecule has 0 bridgehead atoms. The molecule has 0 atom stereocenters. The van der Waals surface area contributed by atoms with Gasteiger partial charge in [-0.2, -0.15) is 4.80 Å². The summed E-state index contributed by atoms with van der Waals surface area (Å²) in [6.07, 6.45) is 0. The van der Waals surface area contributed by atoms with Gasteiger partial charge in [0, 0.05) is 38.6 Å². The van der Waals surface area contributed by atoms with Crippen LogP contribution in [0.1, 0.15) is 0 Å². The van der Waals surface area contributed by atoms with Crippen LogP contribution in [-0.4, -0.2) is 15.0 Å². The third-order valence-corrected chi connectivity index (χ3v) is 11.0. The van der Waals surface area contributed by atoms with Gasteiger partial charge < -0.3 is 13.7 Å². The van der Waals surface area contributed by atoms with Crippen molar-refractivity contribution in [2.24, 2.45) is 0 Å². The van der Waals surface area contributed by atoms with Crippen LogP contribution in [-0.2, 0) is 0 Å². The predicted molar refractivity (Wildman–Crippen MR) is 229 cm³/mol. The number of hydrogen-bond acceptors (Lipinski definition) is 5. The largest absolute Gasteiger partial charge is 0.456 e. The first kappa shape index (κ1) is 30.7. The Morgan fingerprint density at radius 1 is 0.357 bits per heavy atom. The molecule has 0 aliphatic heterocycles. The Morgan fingerprint density at radius 3 is 1.36 bits per heavy atom. The molecule has 0 spiro atoms. The number of rotatable bonds is 5. The van der Waals surface area contributed by atoms with Gasteiger partial charge in [-0.3, -0.25) is 0 Å². The topological polar surface area (TPSA) is 60.2 Å². The number of furan rings is 2. The third kappa shape index (κ3) is 4.90. The number of anilines is 3. The fourth-order valence-corrected chi connectivity index (χ4v) is 8.20. The first-order chi connectivity index (χ1) is 27.7. The Morgan fingerprint density at radius 2 is 0.821 bits per heavy atom. The van der Waals surface area contributed by atoms with Crippen molar-refractivity contribution < 1.29 is 8.83 Å². The minimum Gasteiger partial charge on any atom is -0.456 e. The summed E-state index contributed by atoms with van der Waals surface area (Å²) in [5.74, 6) is 0. The number of nitrogens with zero attached hydrogens (tertiary/aromatic N) is 4. The molecule has 12 aromatic rings. The maximum atomic E-state index is 6.31. The monoisotopic (exact) mass is 718 g/mol. The summed E-state index contributed by atoms with van der Waals surface area (Å²) >= 11 is 0. The lowest BCUT2D eigenvalue weighted by molar-refractivity contribution is 0.669. The Bertz CT molecular complexity index is 3300. The van der Waals surface area contributed by atoms with Crippen molar-refractivity contribution in [3.05, 3.63) is 182 Å². The number of aromatic nitrogens is 3. The van der Waals surface area contributed by atoms with Gasteiger partial charge in [-0.05, 0) is 130 Å². The minimum absolute atomic E-state index is 0.875. The molecule has 0 fully saturated rings. The second-order valence-electron chi connectivity index (χ2n) is 14.4. The molecule has 0 aliphatic carbocycles. The zero-order valence-corrected chi connectivity index (χ0v) is 29.9. The molecule has 0 unspecified atom stereocenters. The second-order valence-corrected chi connectivity index (χ2v) is 14.4. The molecule has 0 aliphatic rings. The van der Waals surface area contributed by atoms with E-state index in [9.17, 15) is 0 Å². The average Bonchev–Trinajstić information content (AvgIpc) is 3.95. The molecule has 3 aromatic heterocycles. The second kappa shape index (κ2) is 11.9. The lowest BCUT2D eigenvalue weighted by Crippen LogP contribution is -2.10. The maximum Gasteiger partial charge on any atom is 0.136 e. The van der Waals surface area contributed by atoms with Crippen molar-refractivity contribution in [2.75, 3.05) is 4.90 Å². The summed E-state index contributed by atoms with van der Waals surface area (Å²) in [4.78, 5) is 4.02. The number of benzene rings is 9. The van der Waals surface area contributed by atoms with Gasteiger partial charge in [-0.15, -0.1) is 10.2 Å². The highest BCUT2D eigenvalue weighted by Gasteiger charge is 2.17. The van der Waals surface area contributed by atoms with Crippen molar-refractivity contribution in [3.8, 4) is 16.8 Å². The summed E-state index contributed by atoms with van der Waals surface area (Å²) in [6.45, 7) is 0. The molecule has 6 heteroatoms. The molecule has 0 N–H and O–H groups in total. The molecule has 3 heterocycles. The van der Waals surface area contributed by atoms with Crippen molar-refractivity contribution in [1.29, 1.82) is 0 Å². The first-order valence-corrected chi connectivity index (χ1v) is 18.7. The molecule has 6 nitrogen and oxygen atoms in total. The van der Waals surface area contributed by atoms with Crippen LogP contribution >= 0.6 is 0 Å². The zero-order valence-electron chi connectivity index (χ0n) is 29.9. The normalized spacial score (nSPS) is 11.9. The molecular formula is C50H30N4O2. The van der Waals surface area contributed by atoms with E-state index >= 15 is 0 Å². The fraction of sp³-hybridized carbons (Fsp3) is 0. The smallest absolute Gasteiger partial charge is 0.136 e. The molecule has 0 amide bonds. The van der Waals surface area contributed by atoms with E-state index < -0.39 is 0 Å². The lowest BCUT2D eigenvalue weighted by atomic mass is 10.0. The van der Waals surface area contributed by atoms with Crippen LogP contribution in [0.15, 0.2) is 191 Å². The highest BCUT2D eigenvalue weighted by atomic mass is 16.3. The molecule has 0 radical (unpaired) electrons. The first-order valence-electron chi connectivity index (χ1n) is 18.7. The van der Waals surface area contributed by atoms with Gasteiger partial charge in [0.05, 0.1) is 5.69 Å². The van der Waals surface area contributed by atoms with Gasteiger partial charge in [-0.1, -0.05) is 84.9 Å². The van der Waals surface area contributed by atoms with E-state index in [-0.39, 0.29) is 0 Å². The quantitative estimate of drug-likeness (QED) is 0.177. The van der Waals surface area contributed by atoms with E-state index in [0.29, 0.717) is 0 Å². The van der Waals surface area contributed by atoms with Crippen molar-refractivity contribution in [2.45, 2.75) is 0 Å². The Labute approximate surface area is 320 Å². The Balaban J connectivity index is 0.963.